The molecule has 0 saturated carbocycles. The van der Waals surface area contributed by atoms with E-state index in [1.165, 1.54) is 36.4 Å². The molecule has 0 bridgehead atoms. The Morgan fingerprint density at radius 3 is 1.98 bits per heavy atom. The van der Waals surface area contributed by atoms with E-state index in [4.69, 9.17) is 52.5 Å². The van der Waals surface area contributed by atoms with Crippen LogP contribution in [0.15, 0.2) is 87.5 Å². The summed E-state index contributed by atoms with van der Waals surface area (Å²) in [5.74, 6) is -2.71. The molecule has 0 atom stereocenters. The topological polar surface area (TPSA) is 212 Å². The summed E-state index contributed by atoms with van der Waals surface area (Å²) in [6.45, 7) is 0. The molecule has 0 radical (unpaired) electrons. The number of rotatable bonds is 11. The molecular weight excluding hydrogens is 751 g/mol. The highest BCUT2D eigenvalue weighted by atomic mass is 79.9. The Hall–Kier alpha value is -3.29. The normalized spacial score (nSPS) is 12.0. The van der Waals surface area contributed by atoms with Crippen molar-refractivity contribution in [1.82, 2.24) is 0 Å². The zero-order valence-corrected chi connectivity index (χ0v) is 27.2. The maximum atomic E-state index is 13.7. The third-order valence-corrected chi connectivity index (χ3v) is 9.68. The molecule has 0 fully saturated rings. The lowest BCUT2D eigenvalue weighted by molar-refractivity contribution is 0.393. The lowest BCUT2D eigenvalue weighted by Crippen LogP contribution is -2.19. The van der Waals surface area contributed by atoms with Gasteiger partial charge in [0.05, 0.1) is 10.7 Å². The molecule has 0 saturated heterocycles. The second-order valence-corrected chi connectivity index (χ2v) is 14.0. The van der Waals surface area contributed by atoms with E-state index >= 15 is 0 Å². The molecule has 13 nitrogen and oxygen atoms in total. The smallest absolute Gasteiger partial charge is 0.343 e. The van der Waals surface area contributed by atoms with Crippen LogP contribution < -0.4 is 29.3 Å². The Morgan fingerprint density at radius 2 is 1.39 bits per heavy atom. The molecule has 0 unspecified atom stereocenters. The first-order chi connectivity index (χ1) is 20.5. The molecule has 0 spiro atoms. The summed E-state index contributed by atoms with van der Waals surface area (Å²) in [6.07, 6.45) is 0. The van der Waals surface area contributed by atoms with Gasteiger partial charge in [-0.1, -0.05) is 53.5 Å². The van der Waals surface area contributed by atoms with Crippen molar-refractivity contribution < 1.29 is 48.2 Å². The Balaban J connectivity index is 1.99. The van der Waals surface area contributed by atoms with Gasteiger partial charge in [0.15, 0.2) is 27.0 Å². The summed E-state index contributed by atoms with van der Waals surface area (Å²) >= 11 is 15.4. The van der Waals surface area contributed by atoms with Crippen molar-refractivity contribution >= 4 is 75.1 Å². The van der Waals surface area contributed by atoms with E-state index in [1.807, 2.05) is 0 Å². The van der Waals surface area contributed by atoms with Crippen LogP contribution in [0, 0.1) is 0 Å². The predicted octanol–water partition coefficient (Wildman–Crippen LogP) is 5.55. The van der Waals surface area contributed by atoms with Gasteiger partial charge in [0.25, 0.3) is 0 Å². The fraction of sp³-hybridized carbons (Fsp3) is 0.0400. The molecule has 0 aliphatic heterocycles. The molecule has 234 valence electrons. The van der Waals surface area contributed by atoms with E-state index in [0.29, 0.717) is 0 Å². The number of ether oxygens (including phenoxy) is 3. The minimum absolute atomic E-state index is 0.0401. The van der Waals surface area contributed by atoms with Gasteiger partial charge >= 0.3 is 20.2 Å². The summed E-state index contributed by atoms with van der Waals surface area (Å²) in [7, 11) is -15.1. The summed E-state index contributed by atoms with van der Waals surface area (Å²) in [4.78, 5) is -2.99. The summed E-state index contributed by atoms with van der Waals surface area (Å²) < 4.78 is 109. The van der Waals surface area contributed by atoms with Crippen LogP contribution in [0.2, 0.25) is 10.0 Å². The number of para-hydroxylation sites is 2. The predicted molar refractivity (Wildman–Crippen MR) is 164 cm³/mol. The van der Waals surface area contributed by atoms with E-state index in [9.17, 15) is 29.8 Å². The van der Waals surface area contributed by atoms with Crippen molar-refractivity contribution in [1.29, 1.82) is 0 Å². The van der Waals surface area contributed by atoms with Crippen LogP contribution in [-0.4, -0.2) is 35.3 Å². The number of nitrogens with two attached hydrogens (primary N) is 2. The van der Waals surface area contributed by atoms with Gasteiger partial charge in [0.2, 0.25) is 10.0 Å². The first kappa shape index (κ1) is 33.6. The lowest BCUT2D eigenvalue weighted by atomic mass is 10.2. The molecule has 4 rings (SSSR count). The van der Waals surface area contributed by atoms with Gasteiger partial charge in [-0.15, -0.1) is 0 Å². The monoisotopic (exact) mass is 768 g/mol. The number of benzene rings is 4. The van der Waals surface area contributed by atoms with Crippen LogP contribution in [0.1, 0.15) is 0 Å². The van der Waals surface area contributed by atoms with Crippen LogP contribution in [-0.2, 0) is 30.3 Å². The first-order valence-electron chi connectivity index (χ1n) is 11.6. The Bertz CT molecular complexity index is 2060. The third kappa shape index (κ3) is 7.32. The highest BCUT2D eigenvalue weighted by Crippen LogP contribution is 2.48. The van der Waals surface area contributed by atoms with E-state index in [1.54, 1.807) is 18.2 Å². The van der Waals surface area contributed by atoms with Crippen LogP contribution in [0.4, 0.5) is 5.69 Å². The number of sulfonamides is 1. The van der Waals surface area contributed by atoms with Gasteiger partial charge < -0.3 is 24.1 Å². The van der Waals surface area contributed by atoms with Crippen molar-refractivity contribution in [3.8, 4) is 34.5 Å². The highest BCUT2D eigenvalue weighted by molar-refractivity contribution is 9.09. The molecule has 5 N–H and O–H groups in total. The van der Waals surface area contributed by atoms with Crippen molar-refractivity contribution in [2.24, 2.45) is 5.14 Å². The maximum Gasteiger partial charge on any atom is 0.343 e. The maximum absolute atomic E-state index is 13.7. The van der Waals surface area contributed by atoms with E-state index in [-0.39, 0.29) is 22.0 Å². The fourth-order valence-corrected chi connectivity index (χ4v) is 7.22. The van der Waals surface area contributed by atoms with Crippen LogP contribution >= 0.6 is 39.1 Å². The van der Waals surface area contributed by atoms with Crippen LogP contribution in [0.3, 0.4) is 0 Å². The molecule has 4 aromatic rings. The standard InChI is InChI=1S/C25H19BrCl2N2O11S3/c26-13-38-19-12-20(42(30,31)32)22(29)25(21(19)28)44(36,37)41-17-10-11-18(39-14-6-2-1-3-7-14)24(43(33,34)35)23(17)40-16-9-5-4-8-15(16)27/h1-12H,13,29H2,(H2,30,31,32)(H,33,34,35). The van der Waals surface area contributed by atoms with Crippen LogP contribution in [0.25, 0.3) is 0 Å². The summed E-state index contributed by atoms with van der Waals surface area (Å²) in [5, 5.41) is 4.48. The average molecular weight is 770 g/mol. The van der Waals surface area contributed by atoms with Gasteiger partial charge in [0, 0.05) is 6.07 Å². The molecule has 19 heteroatoms. The lowest BCUT2D eigenvalue weighted by Gasteiger charge is -2.20. The van der Waals surface area contributed by atoms with Gasteiger partial charge in [-0.3, -0.25) is 4.55 Å². The highest BCUT2D eigenvalue weighted by Gasteiger charge is 2.35. The average Bonchev–Trinajstić information content (AvgIpc) is 2.92. The molecule has 0 aromatic heterocycles. The minimum atomic E-state index is -5.26. The SMILES string of the molecule is Nc1c(S(N)(=O)=O)cc(OCBr)c(Cl)c1S(=O)(=O)Oc1ccc(Oc2ccccc2)c(S(=O)(=O)O)c1Oc1ccccc1Cl. The first-order valence-corrected chi connectivity index (χ1v) is 17.9. The van der Waals surface area contributed by atoms with E-state index in [2.05, 4.69) is 15.9 Å². The summed E-state index contributed by atoms with van der Waals surface area (Å²) in [5.41, 5.74) is 4.71. The second-order valence-electron chi connectivity index (χ2n) is 8.41. The van der Waals surface area contributed by atoms with Crippen LogP contribution in [0.5, 0.6) is 34.5 Å². The largest absolute Gasteiger partial charge is 0.481 e. The number of halogens is 3. The summed E-state index contributed by atoms with van der Waals surface area (Å²) in [6, 6.07) is 16.2. The zero-order chi connectivity index (χ0) is 32.4. The van der Waals surface area contributed by atoms with E-state index in [0.717, 1.165) is 18.2 Å². The van der Waals surface area contributed by atoms with Gasteiger partial charge in [-0.25, -0.2) is 13.6 Å². The quantitative estimate of drug-likeness (QED) is 0.0742. The molecule has 4 aromatic carbocycles. The molecular formula is C25H19BrCl2N2O11S3. The van der Waals surface area contributed by atoms with Crippen molar-refractivity contribution in [2.75, 3.05) is 11.2 Å². The minimum Gasteiger partial charge on any atom is -0.481 e. The second kappa shape index (κ2) is 13.0. The van der Waals surface area contributed by atoms with Gasteiger partial charge in [-0.05, 0) is 52.3 Å². The molecule has 0 aliphatic rings. The van der Waals surface area contributed by atoms with Crippen molar-refractivity contribution in [3.05, 3.63) is 82.8 Å². The molecule has 0 amide bonds. The van der Waals surface area contributed by atoms with Gasteiger partial charge in [-0.2, -0.15) is 16.8 Å². The Morgan fingerprint density at radius 1 is 0.773 bits per heavy atom. The third-order valence-electron chi connectivity index (χ3n) is 5.47. The number of hydrogen-bond acceptors (Lipinski definition) is 11. The number of primary sulfonamides is 1. The van der Waals surface area contributed by atoms with Gasteiger partial charge in [0.1, 0.15) is 32.7 Å². The van der Waals surface area contributed by atoms with Crippen molar-refractivity contribution in [3.63, 3.8) is 0 Å². The molecule has 44 heavy (non-hydrogen) atoms. The van der Waals surface area contributed by atoms with E-state index < -0.39 is 78.7 Å². The Labute approximate surface area is 270 Å². The van der Waals surface area contributed by atoms with Crippen molar-refractivity contribution in [2.45, 2.75) is 14.7 Å². The number of anilines is 1. The Kier molecular flexibility index (Phi) is 9.91. The fourth-order valence-electron chi connectivity index (χ4n) is 3.67. The number of alkyl halides is 1. The zero-order valence-electron chi connectivity index (χ0n) is 21.7. The molecule has 0 aliphatic carbocycles. The number of hydrogen-bond donors (Lipinski definition) is 3. The number of nitrogen functional groups attached to an aromatic ring is 1. The molecule has 0 heterocycles.